The van der Waals surface area contributed by atoms with Crippen molar-refractivity contribution in [2.45, 2.75) is 131 Å². The highest BCUT2D eigenvalue weighted by molar-refractivity contribution is 7.00. The van der Waals surface area contributed by atoms with E-state index in [1.807, 2.05) is 0 Å². The molecular weight excluding hydrogens is 521 g/mol. The monoisotopic (exact) mass is 578 g/mol. The van der Waals surface area contributed by atoms with Crippen molar-refractivity contribution in [1.82, 2.24) is 0 Å². The molecule has 0 aliphatic carbocycles. The second-order valence-electron chi connectivity index (χ2n) is 18.1. The third-order valence-electron chi connectivity index (χ3n) is 8.02. The SMILES string of the molecule is CC(C)(C)c1c([Si](C)(C)C)c([Si](C)(C)C)c(C(C)(C)C)c2cc3cc([Si](C)(C)C)c([Si](C)(C)C)cc3cc12. The topological polar surface area (TPSA) is 0 Å². The molecular formula is C34H58Si4. The Morgan fingerprint density at radius 2 is 0.658 bits per heavy atom. The van der Waals surface area contributed by atoms with Crippen LogP contribution in [0.25, 0.3) is 21.5 Å². The van der Waals surface area contributed by atoms with Gasteiger partial charge in [-0.25, -0.2) is 0 Å². The Balaban J connectivity index is 2.82. The molecule has 0 aliphatic heterocycles. The summed E-state index contributed by atoms with van der Waals surface area (Å²) in [5.41, 5.74) is 3.46. The molecule has 0 N–H and O–H groups in total. The number of benzene rings is 3. The van der Waals surface area contributed by atoms with Crippen LogP contribution in [0.1, 0.15) is 52.7 Å². The van der Waals surface area contributed by atoms with Gasteiger partial charge < -0.3 is 0 Å². The first-order valence-electron chi connectivity index (χ1n) is 14.8. The maximum atomic E-state index is 2.62. The number of hydrogen-bond donors (Lipinski definition) is 0. The lowest BCUT2D eigenvalue weighted by Crippen LogP contribution is -2.61. The van der Waals surface area contributed by atoms with Crippen molar-refractivity contribution in [2.75, 3.05) is 0 Å². The molecule has 3 rings (SSSR count). The molecule has 3 aromatic rings. The van der Waals surface area contributed by atoms with Crippen molar-refractivity contribution in [3.63, 3.8) is 0 Å². The smallest absolute Gasteiger partial charge is 0.0656 e. The highest BCUT2D eigenvalue weighted by atomic mass is 28.3. The van der Waals surface area contributed by atoms with Gasteiger partial charge in [0.05, 0.1) is 32.3 Å². The van der Waals surface area contributed by atoms with Gasteiger partial charge in [0.15, 0.2) is 0 Å². The molecule has 0 atom stereocenters. The summed E-state index contributed by atoms with van der Waals surface area (Å²) in [6.45, 7) is 45.5. The van der Waals surface area contributed by atoms with Crippen LogP contribution < -0.4 is 20.7 Å². The van der Waals surface area contributed by atoms with E-state index in [0.29, 0.717) is 0 Å². The Morgan fingerprint density at radius 1 is 0.395 bits per heavy atom. The minimum Gasteiger partial charge on any atom is -0.0656 e. The molecule has 0 aliphatic rings. The first-order chi connectivity index (χ1) is 16.7. The van der Waals surface area contributed by atoms with E-state index < -0.39 is 32.3 Å². The number of fused-ring (bicyclic) bond motifs is 2. The van der Waals surface area contributed by atoms with E-state index in [0.717, 1.165) is 0 Å². The quantitative estimate of drug-likeness (QED) is 0.214. The summed E-state index contributed by atoms with van der Waals surface area (Å²) in [5, 5.41) is 12.8. The molecule has 38 heavy (non-hydrogen) atoms. The zero-order valence-corrected chi connectivity index (χ0v) is 32.3. The molecule has 0 saturated heterocycles. The van der Waals surface area contributed by atoms with E-state index in [1.165, 1.54) is 21.5 Å². The van der Waals surface area contributed by atoms with Crippen LogP contribution in [0.15, 0.2) is 24.3 Å². The van der Waals surface area contributed by atoms with Gasteiger partial charge in [-0.2, -0.15) is 0 Å². The van der Waals surface area contributed by atoms with Crippen LogP contribution in [0.3, 0.4) is 0 Å². The number of rotatable bonds is 4. The molecule has 0 unspecified atom stereocenters. The molecule has 0 radical (unpaired) electrons. The van der Waals surface area contributed by atoms with Crippen molar-refractivity contribution in [3.05, 3.63) is 35.4 Å². The fraction of sp³-hybridized carbons (Fsp3) is 0.588. The van der Waals surface area contributed by atoms with Crippen LogP contribution in [0, 0.1) is 0 Å². The summed E-state index contributed by atoms with van der Waals surface area (Å²) in [6.07, 6.45) is 0. The van der Waals surface area contributed by atoms with Crippen LogP contribution in [0.2, 0.25) is 78.6 Å². The molecule has 0 aromatic heterocycles. The average Bonchev–Trinajstić information content (AvgIpc) is 2.64. The van der Waals surface area contributed by atoms with Gasteiger partial charge in [0.1, 0.15) is 0 Å². The standard InChI is InChI=1S/C34H58Si4/c1-33(2,3)29-25-19-23-21-27(35(7,8)9)28(36(10,11)12)22-24(23)20-26(25)30(34(4,5)6)32(38(16,17)18)31(29)37(13,14)15/h19-22H,1-18H3. The van der Waals surface area contributed by atoms with E-state index >= 15 is 0 Å². The lowest BCUT2D eigenvalue weighted by atomic mass is 9.77. The first-order valence-corrected chi connectivity index (χ1v) is 28.8. The second kappa shape index (κ2) is 9.29. The van der Waals surface area contributed by atoms with Crippen molar-refractivity contribution in [3.8, 4) is 0 Å². The summed E-state index contributed by atoms with van der Waals surface area (Å²) in [7, 11) is -6.31. The zero-order chi connectivity index (χ0) is 29.6. The molecule has 3 aromatic carbocycles. The molecule has 0 heterocycles. The summed E-state index contributed by atoms with van der Waals surface area (Å²) in [5.74, 6) is 0. The van der Waals surface area contributed by atoms with Crippen molar-refractivity contribution < 1.29 is 0 Å². The fourth-order valence-corrected chi connectivity index (χ4v) is 18.3. The maximum Gasteiger partial charge on any atom is 0.0778 e. The average molecular weight is 579 g/mol. The van der Waals surface area contributed by atoms with Crippen LogP contribution in [0.5, 0.6) is 0 Å². The largest absolute Gasteiger partial charge is 0.0778 e. The van der Waals surface area contributed by atoms with E-state index in [-0.39, 0.29) is 10.8 Å². The minimum absolute atomic E-state index is 0.0895. The van der Waals surface area contributed by atoms with Gasteiger partial charge in [0.25, 0.3) is 0 Å². The van der Waals surface area contributed by atoms with Crippen LogP contribution >= 0.6 is 0 Å². The molecule has 4 heteroatoms. The van der Waals surface area contributed by atoms with E-state index in [4.69, 9.17) is 0 Å². The second-order valence-corrected chi connectivity index (χ2v) is 38.2. The Bertz CT molecular complexity index is 1280. The highest BCUT2D eigenvalue weighted by Crippen LogP contribution is 2.39. The van der Waals surface area contributed by atoms with Crippen LogP contribution in [0.4, 0.5) is 0 Å². The van der Waals surface area contributed by atoms with Gasteiger partial charge >= 0.3 is 0 Å². The molecule has 0 saturated carbocycles. The third-order valence-corrected chi connectivity index (χ3v) is 16.6. The summed E-state index contributed by atoms with van der Waals surface area (Å²) in [6, 6.07) is 10.5. The Labute approximate surface area is 240 Å². The van der Waals surface area contributed by atoms with E-state index in [1.54, 1.807) is 31.9 Å². The van der Waals surface area contributed by atoms with Gasteiger partial charge in [-0.05, 0) is 55.6 Å². The first kappa shape index (κ1) is 31.6. The molecule has 0 amide bonds. The van der Waals surface area contributed by atoms with Crippen molar-refractivity contribution >= 4 is 74.6 Å². The van der Waals surface area contributed by atoms with Gasteiger partial charge in [0, 0.05) is 0 Å². The molecule has 0 nitrogen and oxygen atoms in total. The number of hydrogen-bond acceptors (Lipinski definition) is 0. The lowest BCUT2D eigenvalue weighted by Gasteiger charge is -2.41. The van der Waals surface area contributed by atoms with Gasteiger partial charge in [-0.3, -0.25) is 0 Å². The summed E-state index contributed by atoms with van der Waals surface area (Å²) in [4.78, 5) is 0. The predicted octanol–water partition coefficient (Wildman–Crippen LogP) is 8.77. The lowest BCUT2D eigenvalue weighted by molar-refractivity contribution is 0.591. The third kappa shape index (κ3) is 5.89. The van der Waals surface area contributed by atoms with Gasteiger partial charge in [-0.15, -0.1) is 0 Å². The Hall–Kier alpha value is -0.952. The fourth-order valence-electron chi connectivity index (χ4n) is 6.58. The molecule has 0 fully saturated rings. The van der Waals surface area contributed by atoms with Gasteiger partial charge in [0.2, 0.25) is 0 Å². The summed E-state index contributed by atoms with van der Waals surface area (Å²) < 4.78 is 0. The van der Waals surface area contributed by atoms with E-state index in [2.05, 4.69) is 144 Å². The minimum atomic E-state index is -1.66. The van der Waals surface area contributed by atoms with Crippen LogP contribution in [-0.2, 0) is 10.8 Å². The van der Waals surface area contributed by atoms with Crippen molar-refractivity contribution in [1.29, 1.82) is 0 Å². The normalized spacial score (nSPS) is 14.6. The maximum absolute atomic E-state index is 2.62. The van der Waals surface area contributed by atoms with E-state index in [9.17, 15) is 0 Å². The van der Waals surface area contributed by atoms with Gasteiger partial charge in [-0.1, -0.05) is 153 Å². The van der Waals surface area contributed by atoms with Crippen molar-refractivity contribution in [2.24, 2.45) is 0 Å². The Kier molecular flexibility index (Phi) is 7.72. The van der Waals surface area contributed by atoms with Crippen LogP contribution in [-0.4, -0.2) is 32.3 Å². The molecule has 0 spiro atoms. The zero-order valence-electron chi connectivity index (χ0n) is 28.3. The predicted molar refractivity (Wildman–Crippen MR) is 191 cm³/mol. The molecule has 210 valence electrons. The highest BCUT2D eigenvalue weighted by Gasteiger charge is 2.39. The summed E-state index contributed by atoms with van der Waals surface area (Å²) >= 11 is 0. The Morgan fingerprint density at radius 3 is 0.842 bits per heavy atom. The molecule has 0 bridgehead atoms.